The van der Waals surface area contributed by atoms with E-state index in [0.717, 1.165) is 47.4 Å². The molecule has 0 saturated carbocycles. The van der Waals surface area contributed by atoms with E-state index in [1.54, 1.807) is 0 Å². The minimum atomic E-state index is 0.0402. The summed E-state index contributed by atoms with van der Waals surface area (Å²) in [5.41, 5.74) is 7.61. The van der Waals surface area contributed by atoms with Crippen LogP contribution in [0.1, 0.15) is 47.1 Å². The number of aromatic nitrogens is 3. The van der Waals surface area contributed by atoms with Crippen LogP contribution in [0.15, 0.2) is 54.6 Å². The maximum Gasteiger partial charge on any atom is 0.225 e. The van der Waals surface area contributed by atoms with Crippen molar-refractivity contribution in [2.24, 2.45) is 0 Å². The van der Waals surface area contributed by atoms with Crippen LogP contribution in [0.5, 0.6) is 0 Å². The predicted molar refractivity (Wildman–Crippen MR) is 119 cm³/mol. The molecule has 2 aromatic carbocycles. The summed E-state index contributed by atoms with van der Waals surface area (Å²) < 4.78 is 1.92. The van der Waals surface area contributed by atoms with Gasteiger partial charge in [-0.3, -0.25) is 4.79 Å². The number of benzene rings is 2. The van der Waals surface area contributed by atoms with E-state index < -0.39 is 0 Å². The highest BCUT2D eigenvalue weighted by Gasteiger charge is 2.26. The first kappa shape index (κ1) is 18.7. The predicted octanol–water partition coefficient (Wildman–Crippen LogP) is 4.71. The Kier molecular flexibility index (Phi) is 4.66. The van der Waals surface area contributed by atoms with Crippen LogP contribution in [0.4, 0.5) is 0 Å². The molecule has 0 saturated heterocycles. The van der Waals surface area contributed by atoms with Crippen molar-refractivity contribution in [1.29, 1.82) is 0 Å². The van der Waals surface area contributed by atoms with Gasteiger partial charge in [-0.05, 0) is 56.9 Å². The highest BCUT2D eigenvalue weighted by molar-refractivity contribution is 5.86. The number of carbonyl (C=O) groups is 1. The largest absolute Gasteiger partial charge is 0.356 e. The van der Waals surface area contributed by atoms with Gasteiger partial charge in [-0.1, -0.05) is 36.4 Å². The maximum atomic E-state index is 13.0. The molecule has 0 aliphatic heterocycles. The SMILES string of the molecule is Cc1nn(-c2ccccc2)c(C)c1CC(=O)N[C@H]1CCCc2c1[nH]c1ccccc21. The average Bonchev–Trinajstić information content (AvgIpc) is 3.28. The van der Waals surface area contributed by atoms with Crippen LogP contribution >= 0.6 is 0 Å². The molecule has 2 heterocycles. The Morgan fingerprint density at radius 3 is 2.73 bits per heavy atom. The summed E-state index contributed by atoms with van der Waals surface area (Å²) in [6.07, 6.45) is 3.46. The topological polar surface area (TPSA) is 62.7 Å². The van der Waals surface area contributed by atoms with Gasteiger partial charge >= 0.3 is 0 Å². The lowest BCUT2D eigenvalue weighted by Crippen LogP contribution is -2.32. The second-order valence-electron chi connectivity index (χ2n) is 8.15. The van der Waals surface area contributed by atoms with Crippen LogP contribution in [0.25, 0.3) is 16.6 Å². The zero-order valence-electron chi connectivity index (χ0n) is 17.4. The Morgan fingerprint density at radius 1 is 1.13 bits per heavy atom. The van der Waals surface area contributed by atoms with E-state index >= 15 is 0 Å². The molecule has 1 aliphatic rings. The van der Waals surface area contributed by atoms with E-state index in [2.05, 4.69) is 33.6 Å². The van der Waals surface area contributed by atoms with Crippen LogP contribution in [0, 0.1) is 13.8 Å². The second-order valence-corrected chi connectivity index (χ2v) is 8.15. The number of hydrogen-bond acceptors (Lipinski definition) is 2. The Bertz CT molecular complexity index is 1220. The molecule has 2 N–H and O–H groups in total. The van der Waals surface area contributed by atoms with Gasteiger partial charge < -0.3 is 10.3 Å². The van der Waals surface area contributed by atoms with Gasteiger partial charge in [0.15, 0.2) is 0 Å². The van der Waals surface area contributed by atoms with Crippen molar-refractivity contribution in [3.05, 3.63) is 82.8 Å². The molecule has 4 aromatic rings. The number of fused-ring (bicyclic) bond motifs is 3. The third-order valence-corrected chi connectivity index (χ3v) is 6.23. The Labute approximate surface area is 176 Å². The van der Waals surface area contributed by atoms with Crippen molar-refractivity contribution >= 4 is 16.8 Å². The molecule has 0 radical (unpaired) electrons. The minimum Gasteiger partial charge on any atom is -0.356 e. The molecule has 1 atom stereocenters. The lowest BCUT2D eigenvalue weighted by molar-refractivity contribution is -0.121. The summed E-state index contributed by atoms with van der Waals surface area (Å²) in [5.74, 6) is 0.0466. The van der Waals surface area contributed by atoms with Crippen LogP contribution < -0.4 is 5.32 Å². The number of aromatic amines is 1. The quantitative estimate of drug-likeness (QED) is 0.523. The van der Waals surface area contributed by atoms with Crippen molar-refractivity contribution in [3.63, 3.8) is 0 Å². The summed E-state index contributed by atoms with van der Waals surface area (Å²) in [6.45, 7) is 4.01. The lowest BCUT2D eigenvalue weighted by atomic mass is 9.91. The third kappa shape index (κ3) is 3.20. The van der Waals surface area contributed by atoms with Gasteiger partial charge in [-0.25, -0.2) is 4.68 Å². The Hall–Kier alpha value is -3.34. The molecule has 2 aromatic heterocycles. The molecule has 1 amide bonds. The van der Waals surface area contributed by atoms with E-state index in [1.807, 2.05) is 54.9 Å². The first-order valence-corrected chi connectivity index (χ1v) is 10.6. The number of rotatable bonds is 4. The summed E-state index contributed by atoms with van der Waals surface area (Å²) in [7, 11) is 0. The Morgan fingerprint density at radius 2 is 1.90 bits per heavy atom. The maximum absolute atomic E-state index is 13.0. The molecule has 0 fully saturated rings. The monoisotopic (exact) mass is 398 g/mol. The molecule has 0 unspecified atom stereocenters. The first-order valence-electron chi connectivity index (χ1n) is 10.6. The van der Waals surface area contributed by atoms with Crippen molar-refractivity contribution < 1.29 is 4.79 Å². The minimum absolute atomic E-state index is 0.0402. The molecule has 1 aliphatic carbocycles. The van der Waals surface area contributed by atoms with Crippen LogP contribution in [0.2, 0.25) is 0 Å². The van der Waals surface area contributed by atoms with Crippen molar-refractivity contribution in [2.75, 3.05) is 0 Å². The molecule has 5 rings (SSSR count). The number of H-pyrrole nitrogens is 1. The average molecular weight is 399 g/mol. The van der Waals surface area contributed by atoms with Gasteiger partial charge in [0.2, 0.25) is 5.91 Å². The van der Waals surface area contributed by atoms with E-state index in [9.17, 15) is 4.79 Å². The lowest BCUT2D eigenvalue weighted by Gasteiger charge is -2.24. The van der Waals surface area contributed by atoms with Crippen LogP contribution in [-0.4, -0.2) is 20.7 Å². The summed E-state index contributed by atoms with van der Waals surface area (Å²) in [4.78, 5) is 16.5. The molecule has 0 bridgehead atoms. The Balaban J connectivity index is 1.37. The summed E-state index contributed by atoms with van der Waals surface area (Å²) in [6, 6.07) is 18.5. The van der Waals surface area contributed by atoms with E-state index in [1.165, 1.54) is 16.6 Å². The number of carbonyl (C=O) groups excluding carboxylic acids is 1. The van der Waals surface area contributed by atoms with Gasteiger partial charge in [0, 0.05) is 27.9 Å². The zero-order valence-corrected chi connectivity index (χ0v) is 17.4. The fourth-order valence-electron chi connectivity index (χ4n) is 4.72. The highest BCUT2D eigenvalue weighted by Crippen LogP contribution is 2.34. The number of amides is 1. The fraction of sp³-hybridized carbons (Fsp3) is 0.280. The molecule has 0 spiro atoms. The number of nitrogens with zero attached hydrogens (tertiary/aromatic N) is 2. The number of nitrogens with one attached hydrogen (secondary N) is 2. The highest BCUT2D eigenvalue weighted by atomic mass is 16.1. The summed E-state index contributed by atoms with van der Waals surface area (Å²) >= 11 is 0. The molecule has 152 valence electrons. The normalized spacial score (nSPS) is 15.9. The van der Waals surface area contributed by atoms with Gasteiger partial charge in [-0.15, -0.1) is 0 Å². The van der Waals surface area contributed by atoms with Crippen molar-refractivity contribution in [2.45, 2.75) is 45.6 Å². The molecular weight excluding hydrogens is 372 g/mol. The first-order chi connectivity index (χ1) is 14.6. The summed E-state index contributed by atoms with van der Waals surface area (Å²) in [5, 5.41) is 9.24. The number of aryl methyl sites for hydroxylation is 2. The van der Waals surface area contributed by atoms with E-state index in [-0.39, 0.29) is 11.9 Å². The van der Waals surface area contributed by atoms with Crippen LogP contribution in [-0.2, 0) is 17.6 Å². The second kappa shape index (κ2) is 7.48. The van der Waals surface area contributed by atoms with E-state index in [0.29, 0.717) is 6.42 Å². The molecular formula is C25H26N4O. The zero-order chi connectivity index (χ0) is 20.7. The molecule has 5 heteroatoms. The van der Waals surface area contributed by atoms with E-state index in [4.69, 9.17) is 0 Å². The standard InChI is InChI=1S/C25H26N4O/c1-16-21(17(2)29(28-16)18-9-4-3-5-10-18)15-24(30)26-23-14-8-12-20-19-11-6-7-13-22(19)27-25(20)23/h3-7,9-11,13,23,27H,8,12,14-15H2,1-2H3,(H,26,30)/t23-/m0/s1. The van der Waals surface area contributed by atoms with Crippen LogP contribution in [0.3, 0.4) is 0 Å². The van der Waals surface area contributed by atoms with Crippen molar-refractivity contribution in [1.82, 2.24) is 20.1 Å². The fourth-order valence-corrected chi connectivity index (χ4v) is 4.72. The van der Waals surface area contributed by atoms with Gasteiger partial charge in [-0.2, -0.15) is 5.10 Å². The smallest absolute Gasteiger partial charge is 0.225 e. The number of para-hydroxylation sites is 2. The molecule has 5 nitrogen and oxygen atoms in total. The van der Waals surface area contributed by atoms with Gasteiger partial charge in [0.25, 0.3) is 0 Å². The van der Waals surface area contributed by atoms with Gasteiger partial charge in [0.05, 0.1) is 23.8 Å². The number of hydrogen-bond donors (Lipinski definition) is 2. The molecule has 30 heavy (non-hydrogen) atoms. The third-order valence-electron chi connectivity index (χ3n) is 6.23. The van der Waals surface area contributed by atoms with Gasteiger partial charge in [0.1, 0.15) is 0 Å². The van der Waals surface area contributed by atoms with Crippen molar-refractivity contribution in [3.8, 4) is 5.69 Å².